The molecule has 11 heteroatoms. The zero-order chi connectivity index (χ0) is 16.2. The summed E-state index contributed by atoms with van der Waals surface area (Å²) in [6, 6.07) is 0.964. The molecule has 0 saturated carbocycles. The van der Waals surface area contributed by atoms with Crippen molar-refractivity contribution < 1.29 is 24.5 Å². The molecule has 0 spiro atoms. The third-order valence-electron chi connectivity index (χ3n) is 2.25. The first-order valence-corrected chi connectivity index (χ1v) is 5.85. The van der Waals surface area contributed by atoms with Crippen LogP contribution in [0, 0.1) is 20.2 Å². The third kappa shape index (κ3) is 4.26. The molecule has 0 aliphatic heterocycles. The van der Waals surface area contributed by atoms with Gasteiger partial charge in [0, 0.05) is 0 Å². The van der Waals surface area contributed by atoms with E-state index in [2.05, 4.69) is 5.32 Å². The maximum absolute atomic E-state index is 11.4. The van der Waals surface area contributed by atoms with Crippen molar-refractivity contribution in [3.05, 3.63) is 37.4 Å². The van der Waals surface area contributed by atoms with E-state index >= 15 is 0 Å². The van der Waals surface area contributed by atoms with Gasteiger partial charge in [0.1, 0.15) is 5.75 Å². The van der Waals surface area contributed by atoms with Crippen LogP contribution >= 0.6 is 11.6 Å². The van der Waals surface area contributed by atoms with E-state index in [-0.39, 0.29) is 6.61 Å². The van der Waals surface area contributed by atoms with Crippen LogP contribution in [0.1, 0.15) is 6.92 Å². The number of rotatable bonds is 5. The molecule has 0 unspecified atom stereocenters. The van der Waals surface area contributed by atoms with Crippen LogP contribution in [0.4, 0.5) is 16.2 Å². The quantitative estimate of drug-likeness (QED) is 0.619. The fourth-order valence-corrected chi connectivity index (χ4v) is 1.52. The number of nitro benzene ring substituents is 2. The van der Waals surface area contributed by atoms with Gasteiger partial charge in [-0.05, 0) is 6.92 Å². The van der Waals surface area contributed by atoms with Gasteiger partial charge in [-0.1, -0.05) is 11.6 Å². The van der Waals surface area contributed by atoms with Gasteiger partial charge in [0.25, 0.3) is 11.4 Å². The largest absolute Gasteiger partial charge is 0.412 e. The predicted octanol–water partition coefficient (Wildman–Crippen LogP) is 1.63. The van der Waals surface area contributed by atoms with Gasteiger partial charge in [-0.3, -0.25) is 20.2 Å². The molecule has 1 amide bonds. The minimum atomic E-state index is -1.03. The van der Waals surface area contributed by atoms with Gasteiger partial charge in [-0.15, -0.1) is 0 Å². The SMILES string of the molecule is C[C@H](CO)NC(=O)Oc1cc([N+](=O)[O-])c(Cl)c([N+](=O)[O-])c1. The first kappa shape index (κ1) is 16.6. The maximum atomic E-state index is 11.4. The number of nitrogens with one attached hydrogen (secondary N) is 1. The van der Waals surface area contributed by atoms with Crippen LogP contribution in [0.25, 0.3) is 0 Å². The zero-order valence-corrected chi connectivity index (χ0v) is 11.4. The number of nitro groups is 2. The number of benzene rings is 1. The van der Waals surface area contributed by atoms with Crippen LogP contribution in [-0.4, -0.2) is 33.7 Å². The lowest BCUT2D eigenvalue weighted by molar-refractivity contribution is -0.394. The van der Waals surface area contributed by atoms with Gasteiger partial charge in [-0.2, -0.15) is 0 Å². The van der Waals surface area contributed by atoms with Gasteiger partial charge in [0.05, 0.1) is 34.6 Å². The molecule has 0 aliphatic carbocycles. The highest BCUT2D eigenvalue weighted by Crippen LogP contribution is 2.37. The monoisotopic (exact) mass is 319 g/mol. The number of halogens is 1. The Balaban J connectivity index is 3.11. The Bertz CT molecular complexity index is 557. The van der Waals surface area contributed by atoms with Crippen molar-refractivity contribution >= 4 is 29.1 Å². The number of aliphatic hydroxyl groups is 1. The lowest BCUT2D eigenvalue weighted by Gasteiger charge is -2.11. The molecular formula is C10H10ClN3O7. The molecule has 0 bridgehead atoms. The summed E-state index contributed by atoms with van der Waals surface area (Å²) in [5, 5.41) is 31.8. The number of carbonyl (C=O) groups is 1. The van der Waals surface area contributed by atoms with Crippen LogP contribution in [0.5, 0.6) is 5.75 Å². The number of carbonyl (C=O) groups excluding carboxylic acids is 1. The minimum absolute atomic E-state index is 0.351. The standard InChI is InChI=1S/C10H10ClN3O7/c1-5(4-15)12-10(16)21-6-2-7(13(17)18)9(11)8(3-6)14(19)20/h2-3,5,15H,4H2,1H3,(H,12,16)/t5-/m1/s1. The van der Waals surface area contributed by atoms with Crippen molar-refractivity contribution in [1.29, 1.82) is 0 Å². The van der Waals surface area contributed by atoms with Crippen LogP contribution in [0.15, 0.2) is 12.1 Å². The molecule has 1 aromatic carbocycles. The van der Waals surface area contributed by atoms with E-state index in [4.69, 9.17) is 21.4 Å². The molecule has 10 nitrogen and oxygen atoms in total. The molecule has 0 heterocycles. The Hall–Kier alpha value is -2.46. The predicted molar refractivity (Wildman–Crippen MR) is 70.5 cm³/mol. The van der Waals surface area contributed by atoms with E-state index in [1.165, 1.54) is 6.92 Å². The van der Waals surface area contributed by atoms with Gasteiger partial charge in [0.15, 0.2) is 5.02 Å². The smallest absolute Gasteiger partial charge is 0.410 e. The molecule has 0 saturated heterocycles. The summed E-state index contributed by atoms with van der Waals surface area (Å²) in [7, 11) is 0. The highest BCUT2D eigenvalue weighted by molar-refractivity contribution is 6.34. The van der Waals surface area contributed by atoms with Gasteiger partial charge in [0.2, 0.25) is 0 Å². The van der Waals surface area contributed by atoms with Gasteiger partial charge < -0.3 is 15.2 Å². The normalized spacial score (nSPS) is 11.6. The van der Waals surface area contributed by atoms with Crippen LogP contribution in [0.2, 0.25) is 5.02 Å². The maximum Gasteiger partial charge on any atom is 0.412 e. The van der Waals surface area contributed by atoms with Crippen molar-refractivity contribution in [2.75, 3.05) is 6.61 Å². The van der Waals surface area contributed by atoms with E-state index in [0.29, 0.717) is 0 Å². The van der Waals surface area contributed by atoms with Crippen molar-refractivity contribution in [3.63, 3.8) is 0 Å². The Morgan fingerprint density at radius 2 is 1.86 bits per heavy atom. The summed E-state index contributed by atoms with van der Waals surface area (Å²) in [6.45, 7) is 1.13. The lowest BCUT2D eigenvalue weighted by Crippen LogP contribution is -2.37. The third-order valence-corrected chi connectivity index (χ3v) is 2.64. The molecule has 114 valence electrons. The molecule has 2 N–H and O–H groups in total. The average molecular weight is 320 g/mol. The van der Waals surface area contributed by atoms with Crippen molar-refractivity contribution in [1.82, 2.24) is 5.32 Å². The summed E-state index contributed by atoms with van der Waals surface area (Å²) in [5.74, 6) is -0.416. The van der Waals surface area contributed by atoms with E-state index in [0.717, 1.165) is 12.1 Å². The van der Waals surface area contributed by atoms with E-state index in [1.807, 2.05) is 0 Å². The summed E-state index contributed by atoms with van der Waals surface area (Å²) < 4.78 is 4.69. The number of amides is 1. The molecule has 1 aromatic rings. The first-order valence-electron chi connectivity index (χ1n) is 5.47. The Morgan fingerprint density at radius 1 is 1.38 bits per heavy atom. The number of hydrogen-bond acceptors (Lipinski definition) is 7. The molecule has 1 atom stereocenters. The summed E-state index contributed by atoms with van der Waals surface area (Å²) >= 11 is 5.54. The summed E-state index contributed by atoms with van der Waals surface area (Å²) in [4.78, 5) is 31.1. The highest BCUT2D eigenvalue weighted by atomic mass is 35.5. The molecule has 0 fully saturated rings. The van der Waals surface area contributed by atoms with Crippen LogP contribution in [-0.2, 0) is 0 Å². The van der Waals surface area contributed by atoms with Gasteiger partial charge in [-0.25, -0.2) is 4.79 Å². The second-order valence-corrected chi connectivity index (χ2v) is 4.29. The molecular weight excluding hydrogens is 310 g/mol. The Kier molecular flexibility index (Phi) is 5.38. The van der Waals surface area contributed by atoms with Gasteiger partial charge >= 0.3 is 6.09 Å². The van der Waals surface area contributed by atoms with E-state index in [1.54, 1.807) is 0 Å². The molecule has 21 heavy (non-hydrogen) atoms. The molecule has 0 aromatic heterocycles. The summed E-state index contributed by atoms with van der Waals surface area (Å²) in [5.41, 5.74) is -1.52. The topological polar surface area (TPSA) is 145 Å². The Morgan fingerprint density at radius 3 is 2.24 bits per heavy atom. The lowest BCUT2D eigenvalue weighted by atomic mass is 10.2. The van der Waals surface area contributed by atoms with Crippen LogP contribution in [0.3, 0.4) is 0 Å². The number of ether oxygens (including phenoxy) is 1. The number of hydrogen-bond donors (Lipinski definition) is 2. The second-order valence-electron chi connectivity index (χ2n) is 3.91. The highest BCUT2D eigenvalue weighted by Gasteiger charge is 2.26. The second kappa shape index (κ2) is 6.81. The first-order chi connectivity index (χ1) is 9.76. The fourth-order valence-electron chi connectivity index (χ4n) is 1.28. The Labute approximate surface area is 122 Å². The van der Waals surface area contributed by atoms with Crippen molar-refractivity contribution in [2.24, 2.45) is 0 Å². The summed E-state index contributed by atoms with van der Waals surface area (Å²) in [6.07, 6.45) is -1.03. The van der Waals surface area contributed by atoms with Crippen LogP contribution < -0.4 is 10.1 Å². The zero-order valence-electron chi connectivity index (χ0n) is 10.6. The molecule has 1 rings (SSSR count). The van der Waals surface area contributed by atoms with E-state index in [9.17, 15) is 25.0 Å². The molecule has 0 aliphatic rings. The number of aliphatic hydroxyl groups excluding tert-OH is 1. The average Bonchev–Trinajstić information content (AvgIpc) is 2.39. The molecule has 0 radical (unpaired) electrons. The fraction of sp³-hybridized carbons (Fsp3) is 0.300. The van der Waals surface area contributed by atoms with Crippen molar-refractivity contribution in [3.8, 4) is 5.75 Å². The number of nitrogens with zero attached hydrogens (tertiary/aromatic N) is 2. The van der Waals surface area contributed by atoms with E-state index < -0.39 is 44.1 Å². The minimum Gasteiger partial charge on any atom is -0.410 e. The van der Waals surface area contributed by atoms with Crippen molar-refractivity contribution in [2.45, 2.75) is 13.0 Å².